The predicted molar refractivity (Wildman–Crippen MR) is 114 cm³/mol. The molecule has 1 saturated carbocycles. The van der Waals surface area contributed by atoms with E-state index in [-0.39, 0.29) is 35.5 Å². The molecule has 9 heteroatoms. The molecule has 2 aromatic rings. The number of aromatic nitrogens is 3. The van der Waals surface area contributed by atoms with Gasteiger partial charge in [-0.15, -0.1) is 0 Å². The standard InChI is InChI=1S/C23H26FN5O3/c1-13-19(14(2)26-12-25-13)21(30)27-8-6-18-15(9-27)10-29(17-3-4-17)23(32)20(18)22(31)28-7-5-16(24)11-28/h10,12,16-17H,3-9,11H2,1-2H3/t16-/m0/s1. The summed E-state index contributed by atoms with van der Waals surface area (Å²) in [4.78, 5) is 51.3. The van der Waals surface area contributed by atoms with E-state index in [4.69, 9.17) is 0 Å². The number of rotatable bonds is 3. The Kier molecular flexibility index (Phi) is 5.06. The molecule has 3 aliphatic rings. The number of hydrogen-bond donors (Lipinski definition) is 0. The van der Waals surface area contributed by atoms with Gasteiger partial charge >= 0.3 is 0 Å². The minimum Gasteiger partial charge on any atom is -0.335 e. The average Bonchev–Trinajstić information content (AvgIpc) is 3.52. The summed E-state index contributed by atoms with van der Waals surface area (Å²) in [6.07, 6.45) is 4.71. The first-order chi connectivity index (χ1) is 15.3. The van der Waals surface area contributed by atoms with Crippen LogP contribution in [0.1, 0.15) is 68.5 Å². The molecule has 2 aromatic heterocycles. The van der Waals surface area contributed by atoms with Crippen LogP contribution >= 0.6 is 0 Å². The fraction of sp³-hybridized carbons (Fsp3) is 0.522. The van der Waals surface area contributed by atoms with Gasteiger partial charge in [0.2, 0.25) is 0 Å². The van der Waals surface area contributed by atoms with Crippen LogP contribution in [0.2, 0.25) is 0 Å². The van der Waals surface area contributed by atoms with Crippen LogP contribution in [0.25, 0.3) is 0 Å². The molecule has 32 heavy (non-hydrogen) atoms. The van der Waals surface area contributed by atoms with E-state index in [9.17, 15) is 18.8 Å². The molecule has 0 N–H and O–H groups in total. The lowest BCUT2D eigenvalue weighted by atomic mass is 9.95. The van der Waals surface area contributed by atoms with Crippen LogP contribution in [0.5, 0.6) is 0 Å². The Morgan fingerprint density at radius 2 is 1.69 bits per heavy atom. The van der Waals surface area contributed by atoms with Gasteiger partial charge in [-0.2, -0.15) is 0 Å². The molecule has 5 rings (SSSR count). The second-order valence-electron chi connectivity index (χ2n) is 8.98. The molecule has 1 atom stereocenters. The molecule has 2 fully saturated rings. The largest absolute Gasteiger partial charge is 0.335 e. The van der Waals surface area contributed by atoms with Crippen molar-refractivity contribution in [3.05, 3.63) is 56.5 Å². The lowest BCUT2D eigenvalue weighted by Gasteiger charge is -2.31. The number of aryl methyl sites for hydroxylation is 2. The first kappa shape index (κ1) is 20.8. The number of nitrogens with zero attached hydrogens (tertiary/aromatic N) is 5. The molecular weight excluding hydrogens is 413 g/mol. The molecule has 0 bridgehead atoms. The van der Waals surface area contributed by atoms with E-state index in [2.05, 4.69) is 9.97 Å². The zero-order valence-electron chi connectivity index (χ0n) is 18.3. The molecule has 2 amide bonds. The second kappa shape index (κ2) is 7.79. The number of pyridine rings is 1. The van der Waals surface area contributed by atoms with Crippen LogP contribution in [0.15, 0.2) is 17.3 Å². The van der Waals surface area contributed by atoms with Gasteiger partial charge in [-0.3, -0.25) is 14.4 Å². The molecule has 4 heterocycles. The maximum Gasteiger partial charge on any atom is 0.263 e. The van der Waals surface area contributed by atoms with Crippen LogP contribution in [0.4, 0.5) is 4.39 Å². The highest BCUT2D eigenvalue weighted by molar-refractivity contribution is 5.97. The number of fused-ring (bicyclic) bond motifs is 1. The molecule has 168 valence electrons. The summed E-state index contributed by atoms with van der Waals surface area (Å²) in [5.41, 5.74) is 3.12. The Balaban J connectivity index is 1.52. The monoisotopic (exact) mass is 439 g/mol. The molecule has 0 spiro atoms. The smallest absolute Gasteiger partial charge is 0.263 e. The van der Waals surface area contributed by atoms with Crippen molar-refractivity contribution in [1.29, 1.82) is 0 Å². The van der Waals surface area contributed by atoms with Gasteiger partial charge in [0.1, 0.15) is 18.1 Å². The zero-order chi connectivity index (χ0) is 22.6. The maximum atomic E-state index is 13.7. The summed E-state index contributed by atoms with van der Waals surface area (Å²) in [5.74, 6) is -0.535. The second-order valence-corrected chi connectivity index (χ2v) is 8.98. The van der Waals surface area contributed by atoms with Crippen molar-refractivity contribution in [2.45, 2.75) is 58.3 Å². The highest BCUT2D eigenvalue weighted by atomic mass is 19.1. The molecule has 1 aliphatic carbocycles. The van der Waals surface area contributed by atoms with Crippen molar-refractivity contribution in [2.24, 2.45) is 0 Å². The molecule has 8 nitrogen and oxygen atoms in total. The predicted octanol–water partition coefficient (Wildman–Crippen LogP) is 1.97. The third kappa shape index (κ3) is 3.49. The van der Waals surface area contributed by atoms with E-state index in [1.54, 1.807) is 23.3 Å². The number of hydrogen-bond acceptors (Lipinski definition) is 5. The minimum atomic E-state index is -1.04. The summed E-state index contributed by atoms with van der Waals surface area (Å²) in [6, 6.07) is 0.0879. The van der Waals surface area contributed by atoms with Gasteiger partial charge in [-0.05, 0) is 50.7 Å². The first-order valence-electron chi connectivity index (χ1n) is 11.1. The highest BCUT2D eigenvalue weighted by Crippen LogP contribution is 2.35. The Hall–Kier alpha value is -3.10. The molecule has 0 unspecified atom stereocenters. The van der Waals surface area contributed by atoms with E-state index < -0.39 is 6.17 Å². The third-order valence-corrected chi connectivity index (χ3v) is 6.73. The summed E-state index contributed by atoms with van der Waals surface area (Å²) in [7, 11) is 0. The Labute approximate surface area is 185 Å². The summed E-state index contributed by atoms with van der Waals surface area (Å²) in [5, 5.41) is 0. The summed E-state index contributed by atoms with van der Waals surface area (Å²) < 4.78 is 15.4. The number of amides is 2. The minimum absolute atomic E-state index is 0.0303. The van der Waals surface area contributed by atoms with Crippen molar-refractivity contribution in [3.63, 3.8) is 0 Å². The number of carbonyl (C=O) groups excluding carboxylic acids is 2. The van der Waals surface area contributed by atoms with Crippen molar-refractivity contribution < 1.29 is 14.0 Å². The fourth-order valence-electron chi connectivity index (χ4n) is 4.82. The van der Waals surface area contributed by atoms with E-state index in [0.717, 1.165) is 18.4 Å². The van der Waals surface area contributed by atoms with Crippen LogP contribution < -0.4 is 5.56 Å². The third-order valence-electron chi connectivity index (χ3n) is 6.73. The first-order valence-corrected chi connectivity index (χ1v) is 11.1. The van der Waals surface area contributed by atoms with Crippen LogP contribution in [-0.2, 0) is 13.0 Å². The van der Waals surface area contributed by atoms with E-state index in [1.807, 2.05) is 6.20 Å². The van der Waals surface area contributed by atoms with E-state index in [0.29, 0.717) is 55.0 Å². The molecule has 0 radical (unpaired) electrons. The van der Waals surface area contributed by atoms with Gasteiger partial charge in [-0.25, -0.2) is 14.4 Å². The van der Waals surface area contributed by atoms with Gasteiger partial charge in [0.15, 0.2) is 0 Å². The number of halogens is 1. The van der Waals surface area contributed by atoms with Crippen LogP contribution in [-0.4, -0.2) is 62.0 Å². The maximum absolute atomic E-state index is 13.7. The van der Waals surface area contributed by atoms with Crippen LogP contribution in [0.3, 0.4) is 0 Å². The van der Waals surface area contributed by atoms with Gasteiger partial charge in [0.25, 0.3) is 17.4 Å². The summed E-state index contributed by atoms with van der Waals surface area (Å²) in [6.45, 7) is 4.62. The topological polar surface area (TPSA) is 88.4 Å². The van der Waals surface area contributed by atoms with E-state index in [1.165, 1.54) is 11.2 Å². The SMILES string of the molecule is Cc1ncnc(C)c1C(=O)N1CCc2c(cn(C3CC3)c(=O)c2C(=O)N2CC[C@H](F)C2)C1. The number of carbonyl (C=O) groups is 2. The quantitative estimate of drug-likeness (QED) is 0.730. The molecular formula is C23H26FN5O3. The average molecular weight is 439 g/mol. The number of alkyl halides is 1. The Morgan fingerprint density at radius 3 is 2.31 bits per heavy atom. The molecule has 0 aromatic carbocycles. The van der Waals surface area contributed by atoms with Crippen LogP contribution in [0, 0.1) is 13.8 Å². The van der Waals surface area contributed by atoms with Crippen molar-refractivity contribution in [3.8, 4) is 0 Å². The zero-order valence-corrected chi connectivity index (χ0v) is 18.3. The molecule has 2 aliphatic heterocycles. The van der Waals surface area contributed by atoms with Crippen molar-refractivity contribution >= 4 is 11.8 Å². The lowest BCUT2D eigenvalue weighted by Crippen LogP contribution is -2.42. The number of likely N-dealkylation sites (tertiary alicyclic amines) is 1. The van der Waals surface area contributed by atoms with E-state index >= 15 is 0 Å². The lowest BCUT2D eigenvalue weighted by molar-refractivity contribution is 0.0730. The van der Waals surface area contributed by atoms with Crippen molar-refractivity contribution in [1.82, 2.24) is 24.3 Å². The summed E-state index contributed by atoms with van der Waals surface area (Å²) >= 11 is 0. The van der Waals surface area contributed by atoms with Gasteiger partial charge in [-0.1, -0.05) is 0 Å². The molecule has 1 saturated heterocycles. The normalized spacial score (nSPS) is 20.4. The van der Waals surface area contributed by atoms with Crippen molar-refractivity contribution in [2.75, 3.05) is 19.6 Å². The highest BCUT2D eigenvalue weighted by Gasteiger charge is 2.36. The van der Waals surface area contributed by atoms with Gasteiger partial charge in [0.05, 0.1) is 23.5 Å². The fourth-order valence-corrected chi connectivity index (χ4v) is 4.82. The van der Waals surface area contributed by atoms with Gasteiger partial charge < -0.3 is 14.4 Å². The Bertz CT molecular complexity index is 1150. The van der Waals surface area contributed by atoms with Gasteiger partial charge in [0, 0.05) is 31.9 Å². The Morgan fingerprint density at radius 1 is 1.00 bits per heavy atom.